The van der Waals surface area contributed by atoms with Gasteiger partial charge in [0, 0.05) is 12.8 Å². The molecule has 0 rings (SSSR count). The molecule has 0 bridgehead atoms. The van der Waals surface area contributed by atoms with Crippen LogP contribution in [0.15, 0.2) is 0 Å². The predicted octanol–water partition coefficient (Wildman–Crippen LogP) is 11.2. The fourth-order valence-corrected chi connectivity index (χ4v) is 4.55. The van der Waals surface area contributed by atoms with E-state index in [1.54, 1.807) is 0 Å². The molecule has 0 saturated heterocycles. The van der Waals surface area contributed by atoms with Gasteiger partial charge in [-0.3, -0.25) is 9.59 Å². The van der Waals surface area contributed by atoms with Gasteiger partial charge in [0.2, 0.25) is 0 Å². The minimum atomic E-state index is -0.655. The number of rotatable bonds is 27. The van der Waals surface area contributed by atoms with Gasteiger partial charge >= 0.3 is 11.9 Å². The van der Waals surface area contributed by atoms with Crippen molar-refractivity contribution in [2.24, 2.45) is 0 Å². The Hall–Kier alpha value is -1.06. The van der Waals surface area contributed by atoms with Gasteiger partial charge in [0.15, 0.2) is 0 Å². The second kappa shape index (κ2) is 33.0. The highest BCUT2D eigenvalue weighted by molar-refractivity contribution is 5.69. The first-order valence-corrected chi connectivity index (χ1v) is 16.3. The summed E-state index contributed by atoms with van der Waals surface area (Å²) in [5, 5.41) is 8.49. The van der Waals surface area contributed by atoms with Crippen LogP contribution >= 0.6 is 0 Å². The first kappa shape index (κ1) is 38.1. The Morgan fingerprint density at radius 1 is 0.486 bits per heavy atom. The molecule has 222 valence electrons. The Balaban J connectivity index is 0. The summed E-state index contributed by atoms with van der Waals surface area (Å²) in [6.07, 6.45) is 32.3. The first-order chi connectivity index (χ1) is 17.9. The van der Waals surface area contributed by atoms with Crippen LogP contribution in [-0.4, -0.2) is 23.1 Å². The zero-order valence-electron chi connectivity index (χ0n) is 25.6. The SMILES string of the molecule is CCCCCCCCCCCCCC(=O)OC(C)C.CCCCCCCCCCCCCCCC(=O)O. The molecule has 0 aromatic rings. The molecule has 0 aliphatic heterocycles. The molecule has 0 aromatic carbocycles. The van der Waals surface area contributed by atoms with E-state index >= 15 is 0 Å². The molecule has 1 N–H and O–H groups in total. The number of carboxylic acid groups (broad SMARTS) is 1. The summed E-state index contributed by atoms with van der Waals surface area (Å²) in [4.78, 5) is 21.6. The topological polar surface area (TPSA) is 63.6 Å². The predicted molar refractivity (Wildman–Crippen MR) is 160 cm³/mol. The molecule has 0 amide bonds. The number of carboxylic acids is 1. The van der Waals surface area contributed by atoms with Crippen LogP contribution in [0.5, 0.6) is 0 Å². The van der Waals surface area contributed by atoms with E-state index < -0.39 is 5.97 Å². The molecule has 0 aromatic heterocycles. The van der Waals surface area contributed by atoms with E-state index in [1.807, 2.05) is 13.8 Å². The highest BCUT2D eigenvalue weighted by Gasteiger charge is 2.04. The summed E-state index contributed by atoms with van der Waals surface area (Å²) in [6.45, 7) is 8.32. The molecule has 0 aliphatic rings. The van der Waals surface area contributed by atoms with Crippen LogP contribution in [0.2, 0.25) is 0 Å². The third-order valence-electron chi connectivity index (χ3n) is 6.85. The first-order valence-electron chi connectivity index (χ1n) is 16.3. The second-order valence-electron chi connectivity index (χ2n) is 11.2. The summed E-state index contributed by atoms with van der Waals surface area (Å²) < 4.78 is 5.10. The average molecular weight is 527 g/mol. The molecule has 0 radical (unpaired) electrons. The number of esters is 1. The third-order valence-corrected chi connectivity index (χ3v) is 6.85. The summed E-state index contributed by atoms with van der Waals surface area (Å²) in [5.74, 6) is -0.691. The highest BCUT2D eigenvalue weighted by Crippen LogP contribution is 2.13. The van der Waals surface area contributed by atoms with Crippen LogP contribution < -0.4 is 0 Å². The van der Waals surface area contributed by atoms with Crippen molar-refractivity contribution in [1.29, 1.82) is 0 Å². The lowest BCUT2D eigenvalue weighted by Gasteiger charge is -2.07. The summed E-state index contributed by atoms with van der Waals surface area (Å²) in [6, 6.07) is 0. The lowest BCUT2D eigenvalue weighted by Crippen LogP contribution is -2.10. The van der Waals surface area contributed by atoms with Crippen molar-refractivity contribution in [3.63, 3.8) is 0 Å². The van der Waals surface area contributed by atoms with E-state index in [2.05, 4.69) is 13.8 Å². The normalized spacial score (nSPS) is 10.8. The number of carbonyl (C=O) groups excluding carboxylic acids is 1. The maximum Gasteiger partial charge on any atom is 0.306 e. The van der Waals surface area contributed by atoms with Gasteiger partial charge in [-0.25, -0.2) is 0 Å². The maximum absolute atomic E-state index is 11.3. The largest absolute Gasteiger partial charge is 0.481 e. The Morgan fingerprint density at radius 3 is 1.03 bits per heavy atom. The Labute approximate surface area is 232 Å². The average Bonchev–Trinajstić information content (AvgIpc) is 2.85. The number of ether oxygens (including phenoxy) is 1. The van der Waals surface area contributed by atoms with E-state index in [9.17, 15) is 9.59 Å². The number of hydrogen-bond acceptors (Lipinski definition) is 3. The van der Waals surface area contributed by atoms with Crippen LogP contribution in [0, 0.1) is 0 Å². The third kappa shape index (κ3) is 39.6. The van der Waals surface area contributed by atoms with Crippen LogP contribution in [0.1, 0.15) is 195 Å². The van der Waals surface area contributed by atoms with Crippen LogP contribution in [0.4, 0.5) is 0 Å². The maximum atomic E-state index is 11.3. The van der Waals surface area contributed by atoms with Crippen molar-refractivity contribution in [2.45, 2.75) is 201 Å². The van der Waals surface area contributed by atoms with Crippen molar-refractivity contribution < 1.29 is 19.4 Å². The van der Waals surface area contributed by atoms with E-state index in [0.29, 0.717) is 12.8 Å². The number of unbranched alkanes of at least 4 members (excludes halogenated alkanes) is 22. The monoisotopic (exact) mass is 526 g/mol. The quantitative estimate of drug-likeness (QED) is 0.0853. The fraction of sp³-hybridized carbons (Fsp3) is 0.939. The minimum Gasteiger partial charge on any atom is -0.481 e. The van der Waals surface area contributed by atoms with Crippen LogP contribution in [-0.2, 0) is 14.3 Å². The Kier molecular flexibility index (Phi) is 33.9. The van der Waals surface area contributed by atoms with E-state index in [-0.39, 0.29) is 12.1 Å². The fourth-order valence-electron chi connectivity index (χ4n) is 4.55. The summed E-state index contributed by atoms with van der Waals surface area (Å²) >= 11 is 0. The van der Waals surface area contributed by atoms with Gasteiger partial charge in [-0.05, 0) is 26.7 Å². The Bertz CT molecular complexity index is 461. The molecule has 0 fully saturated rings. The molecule has 4 nitrogen and oxygen atoms in total. The molecule has 37 heavy (non-hydrogen) atoms. The van der Waals surface area contributed by atoms with Crippen LogP contribution in [0.25, 0.3) is 0 Å². The highest BCUT2D eigenvalue weighted by atomic mass is 16.5. The molecule has 4 heteroatoms. The minimum absolute atomic E-state index is 0.0280. The van der Waals surface area contributed by atoms with Crippen molar-refractivity contribution in [3.05, 3.63) is 0 Å². The standard InChI is InChI=1S/C17H34O2.C16H32O2/c1-4-5-6-7-8-9-10-11-12-13-14-15-17(18)19-16(2)3;1-2-3-4-5-6-7-8-9-10-11-12-13-14-15-16(17)18/h16H,4-15H2,1-3H3;2-15H2,1H3,(H,17,18). The number of hydrogen-bond donors (Lipinski definition) is 1. The number of carbonyl (C=O) groups is 2. The van der Waals surface area contributed by atoms with Crippen molar-refractivity contribution in [3.8, 4) is 0 Å². The lowest BCUT2D eigenvalue weighted by atomic mass is 10.0. The molecule has 0 spiro atoms. The Morgan fingerprint density at radius 2 is 0.757 bits per heavy atom. The van der Waals surface area contributed by atoms with Gasteiger partial charge < -0.3 is 9.84 Å². The van der Waals surface area contributed by atoms with Gasteiger partial charge in [0.05, 0.1) is 6.10 Å². The molecule has 0 saturated carbocycles. The van der Waals surface area contributed by atoms with Gasteiger partial charge in [0.1, 0.15) is 0 Å². The van der Waals surface area contributed by atoms with Gasteiger partial charge in [-0.15, -0.1) is 0 Å². The van der Waals surface area contributed by atoms with Gasteiger partial charge in [-0.2, -0.15) is 0 Å². The van der Waals surface area contributed by atoms with Crippen molar-refractivity contribution >= 4 is 11.9 Å². The lowest BCUT2D eigenvalue weighted by molar-refractivity contribution is -0.147. The van der Waals surface area contributed by atoms with E-state index in [4.69, 9.17) is 9.84 Å². The smallest absolute Gasteiger partial charge is 0.306 e. The van der Waals surface area contributed by atoms with Crippen molar-refractivity contribution in [1.82, 2.24) is 0 Å². The zero-order valence-corrected chi connectivity index (χ0v) is 25.6. The molecular weight excluding hydrogens is 460 g/mol. The summed E-state index contributed by atoms with van der Waals surface area (Å²) in [7, 11) is 0. The van der Waals surface area contributed by atoms with E-state index in [0.717, 1.165) is 19.3 Å². The van der Waals surface area contributed by atoms with Gasteiger partial charge in [-0.1, -0.05) is 155 Å². The van der Waals surface area contributed by atoms with Crippen LogP contribution in [0.3, 0.4) is 0 Å². The summed E-state index contributed by atoms with van der Waals surface area (Å²) in [5.41, 5.74) is 0. The van der Waals surface area contributed by atoms with E-state index in [1.165, 1.54) is 135 Å². The molecule has 0 unspecified atom stereocenters. The number of aliphatic carboxylic acids is 1. The van der Waals surface area contributed by atoms with Crippen molar-refractivity contribution in [2.75, 3.05) is 0 Å². The van der Waals surface area contributed by atoms with Gasteiger partial charge in [0.25, 0.3) is 0 Å². The molecule has 0 atom stereocenters. The molecule has 0 heterocycles. The molecular formula is C33H66O4. The molecule has 0 aliphatic carbocycles. The second-order valence-corrected chi connectivity index (χ2v) is 11.2. The zero-order chi connectivity index (χ0) is 27.8.